The quantitative estimate of drug-likeness (QED) is 0.677. The van der Waals surface area contributed by atoms with E-state index < -0.39 is 10.0 Å². The predicted molar refractivity (Wildman–Crippen MR) is 132 cm³/mol. The molecule has 0 aromatic heterocycles. The van der Waals surface area contributed by atoms with E-state index in [0.717, 1.165) is 69.8 Å². The van der Waals surface area contributed by atoms with Gasteiger partial charge in [-0.3, -0.25) is 9.52 Å². The van der Waals surface area contributed by atoms with E-state index in [1.165, 1.54) is 0 Å². The van der Waals surface area contributed by atoms with E-state index in [4.69, 9.17) is 0 Å². The molecule has 2 N–H and O–H groups in total. The maximum atomic E-state index is 13.2. The van der Waals surface area contributed by atoms with Crippen molar-refractivity contribution in [3.05, 3.63) is 53.6 Å². The molecule has 0 bridgehead atoms. The molecule has 0 unspecified atom stereocenters. The summed E-state index contributed by atoms with van der Waals surface area (Å²) in [7, 11) is -3.79. The van der Waals surface area contributed by atoms with Crippen molar-refractivity contribution in [2.75, 3.05) is 48.9 Å². The van der Waals surface area contributed by atoms with Gasteiger partial charge in [0.25, 0.3) is 15.9 Å². The number of piperazine rings is 1. The van der Waals surface area contributed by atoms with Crippen molar-refractivity contribution in [1.29, 1.82) is 0 Å². The lowest BCUT2D eigenvalue weighted by molar-refractivity contribution is 0.0683. The van der Waals surface area contributed by atoms with Gasteiger partial charge in [-0.2, -0.15) is 0 Å². The molecule has 0 aliphatic carbocycles. The number of hydrogen-bond donors (Lipinski definition) is 2. The van der Waals surface area contributed by atoms with Crippen LogP contribution in [0.5, 0.6) is 0 Å². The summed E-state index contributed by atoms with van der Waals surface area (Å²) in [6.45, 7) is 8.89. The van der Waals surface area contributed by atoms with Crippen LogP contribution in [0.25, 0.3) is 0 Å². The minimum absolute atomic E-state index is 0.0406. The molecule has 0 saturated carbocycles. The highest BCUT2D eigenvalue weighted by Crippen LogP contribution is 2.31. The average molecular weight is 471 g/mol. The summed E-state index contributed by atoms with van der Waals surface area (Å²) >= 11 is 0. The molecule has 4 rings (SSSR count). The molecule has 1 amide bonds. The van der Waals surface area contributed by atoms with Crippen LogP contribution in [0.1, 0.15) is 42.6 Å². The Morgan fingerprint density at radius 3 is 2.48 bits per heavy atom. The summed E-state index contributed by atoms with van der Waals surface area (Å²) < 4.78 is 29.2. The largest absolute Gasteiger partial charge is 0.367 e. The number of anilines is 2. The second-order valence-corrected chi connectivity index (χ2v) is 10.8. The Bertz CT molecular complexity index is 1080. The lowest BCUT2D eigenvalue weighted by atomic mass is 9.99. The number of nitrogens with one attached hydrogen (secondary N) is 2. The Morgan fingerprint density at radius 2 is 1.82 bits per heavy atom. The third-order valence-corrected chi connectivity index (χ3v) is 7.91. The second-order valence-electron chi connectivity index (χ2n) is 9.07. The van der Waals surface area contributed by atoms with E-state index in [2.05, 4.69) is 21.9 Å². The molecule has 8 heteroatoms. The highest BCUT2D eigenvalue weighted by Gasteiger charge is 2.25. The molecule has 2 aliphatic heterocycles. The predicted octanol–water partition coefficient (Wildman–Crippen LogP) is 3.33. The molecule has 2 fully saturated rings. The number of carbonyl (C=O) groups excluding carboxylic acids is 1. The molecular weight excluding hydrogens is 436 g/mol. The normalized spacial score (nSPS) is 19.4. The molecule has 7 nitrogen and oxygen atoms in total. The number of aryl methyl sites for hydroxylation is 1. The van der Waals surface area contributed by atoms with Crippen molar-refractivity contribution >= 4 is 27.3 Å². The van der Waals surface area contributed by atoms with Gasteiger partial charge in [0, 0.05) is 44.8 Å². The molecule has 0 radical (unpaired) electrons. The zero-order chi connectivity index (χ0) is 23.4. The van der Waals surface area contributed by atoms with Crippen molar-refractivity contribution in [3.8, 4) is 0 Å². The van der Waals surface area contributed by atoms with Crippen LogP contribution in [-0.4, -0.2) is 58.5 Å². The van der Waals surface area contributed by atoms with Gasteiger partial charge in [-0.1, -0.05) is 26.0 Å². The van der Waals surface area contributed by atoms with Crippen LogP contribution in [0.15, 0.2) is 47.4 Å². The van der Waals surface area contributed by atoms with Gasteiger partial charge in [-0.15, -0.1) is 0 Å². The number of piperidine rings is 1. The van der Waals surface area contributed by atoms with Crippen molar-refractivity contribution in [3.63, 3.8) is 0 Å². The van der Waals surface area contributed by atoms with Gasteiger partial charge in [0.2, 0.25) is 0 Å². The summed E-state index contributed by atoms with van der Waals surface area (Å²) in [5, 5.41) is 3.32. The highest BCUT2D eigenvalue weighted by atomic mass is 32.2. The first-order valence-electron chi connectivity index (χ1n) is 11.9. The molecule has 2 aromatic carbocycles. The minimum atomic E-state index is -3.79. The third-order valence-electron chi connectivity index (χ3n) is 6.53. The minimum Gasteiger partial charge on any atom is -0.367 e. The zero-order valence-electron chi connectivity index (χ0n) is 19.5. The molecule has 2 aliphatic rings. The number of likely N-dealkylation sites (tertiary alicyclic amines) is 1. The third kappa shape index (κ3) is 5.50. The first-order valence-corrected chi connectivity index (χ1v) is 13.4. The average Bonchev–Trinajstić information content (AvgIpc) is 2.84. The molecule has 178 valence electrons. The number of nitrogens with zero attached hydrogens (tertiary/aromatic N) is 2. The van der Waals surface area contributed by atoms with Crippen LogP contribution in [0, 0.1) is 5.92 Å². The lowest BCUT2D eigenvalue weighted by Gasteiger charge is -2.33. The number of carbonyl (C=O) groups is 1. The number of amides is 1. The fourth-order valence-electron chi connectivity index (χ4n) is 4.60. The number of benzene rings is 2. The second kappa shape index (κ2) is 10.1. The number of sulfonamides is 1. The molecule has 1 atom stereocenters. The van der Waals surface area contributed by atoms with Gasteiger partial charge in [-0.25, -0.2) is 8.42 Å². The fourth-order valence-corrected chi connectivity index (χ4v) is 5.66. The van der Waals surface area contributed by atoms with Gasteiger partial charge in [0.15, 0.2) is 0 Å². The van der Waals surface area contributed by atoms with Crippen molar-refractivity contribution in [1.82, 2.24) is 10.2 Å². The smallest absolute Gasteiger partial charge is 0.261 e. The van der Waals surface area contributed by atoms with Gasteiger partial charge in [0.1, 0.15) is 0 Å². The molecule has 0 spiro atoms. The number of rotatable bonds is 6. The van der Waals surface area contributed by atoms with Crippen molar-refractivity contribution in [2.45, 2.75) is 38.0 Å². The SMILES string of the molecule is CCc1ccc(S(=O)(=O)Nc2cc(C(=O)N3CCC[C@H](C)C3)ccc2N2CCNCC2)cc1. The van der Waals surface area contributed by atoms with Gasteiger partial charge < -0.3 is 15.1 Å². The Labute approximate surface area is 197 Å². The maximum absolute atomic E-state index is 13.2. The van der Waals surface area contributed by atoms with Gasteiger partial charge in [0.05, 0.1) is 16.3 Å². The van der Waals surface area contributed by atoms with E-state index in [-0.39, 0.29) is 10.8 Å². The lowest BCUT2D eigenvalue weighted by Crippen LogP contribution is -2.44. The Balaban J connectivity index is 1.66. The standard InChI is InChI=1S/C25H34N4O3S/c1-3-20-6-9-22(10-7-20)33(31,32)27-23-17-21(25(30)29-14-4-5-19(2)18-29)8-11-24(23)28-15-12-26-13-16-28/h6-11,17,19,26-27H,3-5,12-16,18H2,1-2H3/t19-/m0/s1. The first-order chi connectivity index (χ1) is 15.9. The molecule has 2 saturated heterocycles. The summed E-state index contributed by atoms with van der Waals surface area (Å²) in [6.07, 6.45) is 2.98. The van der Waals surface area contributed by atoms with Crippen LogP contribution in [0.3, 0.4) is 0 Å². The monoisotopic (exact) mass is 470 g/mol. The summed E-state index contributed by atoms with van der Waals surface area (Å²) in [6, 6.07) is 12.4. The van der Waals surface area contributed by atoms with Crippen molar-refractivity contribution in [2.24, 2.45) is 5.92 Å². The van der Waals surface area contributed by atoms with E-state index in [1.807, 2.05) is 36.1 Å². The highest BCUT2D eigenvalue weighted by molar-refractivity contribution is 7.92. The summed E-state index contributed by atoms with van der Waals surface area (Å²) in [5.41, 5.74) is 2.85. The Kier molecular flexibility index (Phi) is 7.24. The van der Waals surface area contributed by atoms with Crippen LogP contribution >= 0.6 is 0 Å². The van der Waals surface area contributed by atoms with E-state index >= 15 is 0 Å². The Morgan fingerprint density at radius 1 is 1.09 bits per heavy atom. The van der Waals surface area contributed by atoms with Crippen LogP contribution in [0.4, 0.5) is 11.4 Å². The first kappa shape index (κ1) is 23.6. The topological polar surface area (TPSA) is 81.8 Å². The van der Waals surface area contributed by atoms with Crippen LogP contribution in [0.2, 0.25) is 0 Å². The molecule has 2 heterocycles. The molecular formula is C25H34N4O3S. The van der Waals surface area contributed by atoms with E-state index in [9.17, 15) is 13.2 Å². The van der Waals surface area contributed by atoms with E-state index in [1.54, 1.807) is 18.2 Å². The van der Waals surface area contributed by atoms with E-state index in [0.29, 0.717) is 17.2 Å². The number of hydrogen-bond acceptors (Lipinski definition) is 5. The van der Waals surface area contributed by atoms with Gasteiger partial charge in [-0.05, 0) is 61.1 Å². The fraction of sp³-hybridized carbons (Fsp3) is 0.480. The van der Waals surface area contributed by atoms with Gasteiger partial charge >= 0.3 is 0 Å². The van der Waals surface area contributed by atoms with Crippen LogP contribution < -0.4 is 14.9 Å². The summed E-state index contributed by atoms with van der Waals surface area (Å²) in [4.78, 5) is 17.5. The van der Waals surface area contributed by atoms with Crippen molar-refractivity contribution < 1.29 is 13.2 Å². The zero-order valence-corrected chi connectivity index (χ0v) is 20.3. The Hall–Kier alpha value is -2.58. The van der Waals surface area contributed by atoms with Crippen LogP contribution in [-0.2, 0) is 16.4 Å². The maximum Gasteiger partial charge on any atom is 0.261 e. The molecule has 33 heavy (non-hydrogen) atoms. The molecule has 2 aromatic rings. The summed E-state index contributed by atoms with van der Waals surface area (Å²) in [5.74, 6) is 0.438.